The number of likely N-dealkylation sites (tertiary alicyclic amines) is 2. The van der Waals surface area contributed by atoms with Gasteiger partial charge >= 0.3 is 6.36 Å². The fraction of sp³-hybridized carbons (Fsp3) is 0.619. The molecule has 2 amide bonds. The third-order valence-corrected chi connectivity index (χ3v) is 5.80. The zero-order valence-electron chi connectivity index (χ0n) is 16.6. The molecule has 0 N–H and O–H groups in total. The summed E-state index contributed by atoms with van der Waals surface area (Å²) in [6.45, 7) is 4.94. The van der Waals surface area contributed by atoms with Crippen LogP contribution in [0, 0.1) is 11.8 Å². The molecule has 1 aromatic carbocycles. The molecule has 0 atom stereocenters. The van der Waals surface area contributed by atoms with Crippen LogP contribution in [0.1, 0.15) is 38.2 Å². The number of carbonyl (C=O) groups excluding carboxylic acids is 2. The number of nitrogens with zero attached hydrogens (tertiary/aromatic N) is 2. The zero-order valence-corrected chi connectivity index (χ0v) is 16.6. The Morgan fingerprint density at radius 3 is 2.07 bits per heavy atom. The lowest BCUT2D eigenvalue weighted by atomic mass is 9.92. The standard InChI is InChI=1S/C21H27F3N2O3/c1-15-6-10-26(11-7-15)20(28)17-8-12-25(13-9-17)19(27)14-16-2-4-18(5-3-16)29-21(22,23)24/h2-5,15,17H,6-14H2,1H3. The van der Waals surface area contributed by atoms with Crippen LogP contribution in [0.25, 0.3) is 0 Å². The summed E-state index contributed by atoms with van der Waals surface area (Å²) in [5, 5.41) is 0. The first-order valence-electron chi connectivity index (χ1n) is 10.1. The molecule has 1 aromatic rings. The van der Waals surface area contributed by atoms with Gasteiger partial charge < -0.3 is 14.5 Å². The number of alkyl halides is 3. The summed E-state index contributed by atoms with van der Waals surface area (Å²) >= 11 is 0. The fourth-order valence-corrected chi connectivity index (χ4v) is 3.96. The molecular formula is C21H27F3N2O3. The number of halogens is 3. The number of rotatable bonds is 4. The van der Waals surface area contributed by atoms with Crippen molar-refractivity contribution in [3.05, 3.63) is 29.8 Å². The number of amides is 2. The summed E-state index contributed by atoms with van der Waals surface area (Å²) in [7, 11) is 0. The molecule has 2 aliphatic heterocycles. The van der Waals surface area contributed by atoms with Gasteiger partial charge in [-0.05, 0) is 49.3 Å². The first-order chi connectivity index (χ1) is 13.7. The molecule has 0 saturated carbocycles. The highest BCUT2D eigenvalue weighted by molar-refractivity contribution is 5.81. The molecule has 0 aromatic heterocycles. The van der Waals surface area contributed by atoms with Crippen molar-refractivity contribution in [2.24, 2.45) is 11.8 Å². The highest BCUT2D eigenvalue weighted by Gasteiger charge is 2.32. The molecule has 3 rings (SSSR count). The number of hydrogen-bond donors (Lipinski definition) is 0. The lowest BCUT2D eigenvalue weighted by molar-refractivity contribution is -0.274. The first-order valence-corrected chi connectivity index (χ1v) is 10.1. The summed E-state index contributed by atoms with van der Waals surface area (Å²) in [6.07, 6.45) is -1.18. The first kappa shape index (κ1) is 21.5. The molecule has 0 radical (unpaired) electrons. The Hall–Kier alpha value is -2.25. The Morgan fingerprint density at radius 2 is 1.52 bits per heavy atom. The Morgan fingerprint density at radius 1 is 0.966 bits per heavy atom. The number of carbonyl (C=O) groups is 2. The monoisotopic (exact) mass is 412 g/mol. The molecule has 8 heteroatoms. The summed E-state index contributed by atoms with van der Waals surface area (Å²) in [5.74, 6) is 0.482. The molecule has 160 valence electrons. The topological polar surface area (TPSA) is 49.9 Å². The molecule has 29 heavy (non-hydrogen) atoms. The van der Waals surface area contributed by atoms with Gasteiger partial charge in [0.1, 0.15) is 5.75 Å². The third-order valence-electron chi connectivity index (χ3n) is 5.80. The predicted octanol–water partition coefficient (Wildman–Crippen LogP) is 3.62. The van der Waals surface area contributed by atoms with Crippen molar-refractivity contribution in [3.63, 3.8) is 0 Å². The molecule has 0 unspecified atom stereocenters. The number of hydrogen-bond acceptors (Lipinski definition) is 3. The van der Waals surface area contributed by atoms with E-state index >= 15 is 0 Å². The van der Waals surface area contributed by atoms with E-state index in [1.807, 2.05) is 4.90 Å². The van der Waals surface area contributed by atoms with E-state index in [0.717, 1.165) is 25.9 Å². The predicted molar refractivity (Wildman–Crippen MR) is 101 cm³/mol. The highest BCUT2D eigenvalue weighted by atomic mass is 19.4. The van der Waals surface area contributed by atoms with Crippen molar-refractivity contribution in [3.8, 4) is 5.75 Å². The van der Waals surface area contributed by atoms with Gasteiger partial charge in [-0.3, -0.25) is 9.59 Å². The van der Waals surface area contributed by atoms with E-state index in [9.17, 15) is 22.8 Å². The molecule has 0 bridgehead atoms. The van der Waals surface area contributed by atoms with Gasteiger partial charge in [0.15, 0.2) is 0 Å². The Kier molecular flexibility index (Phi) is 6.70. The maximum absolute atomic E-state index is 12.7. The van der Waals surface area contributed by atoms with Gasteiger partial charge in [-0.25, -0.2) is 0 Å². The lowest BCUT2D eigenvalue weighted by Gasteiger charge is -2.36. The van der Waals surface area contributed by atoms with Crippen LogP contribution in [0.2, 0.25) is 0 Å². The van der Waals surface area contributed by atoms with Gasteiger partial charge in [0.2, 0.25) is 11.8 Å². The summed E-state index contributed by atoms with van der Waals surface area (Å²) in [5.41, 5.74) is 0.630. The summed E-state index contributed by atoms with van der Waals surface area (Å²) in [6, 6.07) is 5.35. The van der Waals surface area contributed by atoms with Crippen molar-refractivity contribution in [2.75, 3.05) is 26.2 Å². The van der Waals surface area contributed by atoms with E-state index in [1.54, 1.807) is 4.90 Å². The zero-order chi connectivity index (χ0) is 21.0. The molecule has 5 nitrogen and oxygen atoms in total. The van der Waals surface area contributed by atoms with Crippen molar-refractivity contribution in [2.45, 2.75) is 45.4 Å². The normalized spacial score (nSPS) is 19.3. The van der Waals surface area contributed by atoms with Crippen molar-refractivity contribution in [1.82, 2.24) is 9.80 Å². The lowest BCUT2D eigenvalue weighted by Crippen LogP contribution is -2.46. The average Bonchev–Trinajstić information content (AvgIpc) is 2.68. The van der Waals surface area contributed by atoms with Gasteiger partial charge in [-0.15, -0.1) is 13.2 Å². The van der Waals surface area contributed by atoms with E-state index in [0.29, 0.717) is 37.4 Å². The minimum absolute atomic E-state index is 0.0220. The van der Waals surface area contributed by atoms with Crippen LogP contribution in [-0.2, 0) is 16.0 Å². The molecule has 2 saturated heterocycles. The van der Waals surface area contributed by atoms with Crippen LogP contribution in [0.3, 0.4) is 0 Å². The molecule has 2 heterocycles. The quantitative estimate of drug-likeness (QED) is 0.759. The molecule has 0 spiro atoms. The second-order valence-corrected chi connectivity index (χ2v) is 8.03. The van der Waals surface area contributed by atoms with Gasteiger partial charge in [-0.2, -0.15) is 0 Å². The van der Waals surface area contributed by atoms with Gasteiger partial charge in [0.05, 0.1) is 6.42 Å². The molecule has 2 fully saturated rings. The molecule has 2 aliphatic rings. The second kappa shape index (κ2) is 9.05. The van der Waals surface area contributed by atoms with Gasteiger partial charge in [-0.1, -0.05) is 19.1 Å². The largest absolute Gasteiger partial charge is 0.573 e. The maximum Gasteiger partial charge on any atom is 0.573 e. The Labute approximate surface area is 168 Å². The smallest absolute Gasteiger partial charge is 0.406 e. The highest BCUT2D eigenvalue weighted by Crippen LogP contribution is 2.25. The van der Waals surface area contributed by atoms with E-state index in [-0.39, 0.29) is 29.9 Å². The Bertz CT molecular complexity index is 705. The van der Waals surface area contributed by atoms with Crippen LogP contribution >= 0.6 is 0 Å². The van der Waals surface area contributed by atoms with Crippen molar-refractivity contribution in [1.29, 1.82) is 0 Å². The van der Waals surface area contributed by atoms with E-state index in [2.05, 4.69) is 11.7 Å². The average molecular weight is 412 g/mol. The van der Waals surface area contributed by atoms with Crippen molar-refractivity contribution >= 4 is 11.8 Å². The van der Waals surface area contributed by atoms with Gasteiger partial charge in [0, 0.05) is 32.1 Å². The minimum Gasteiger partial charge on any atom is -0.406 e. The summed E-state index contributed by atoms with van der Waals surface area (Å²) in [4.78, 5) is 28.9. The number of ether oxygens (including phenoxy) is 1. The fourth-order valence-electron chi connectivity index (χ4n) is 3.96. The van der Waals surface area contributed by atoms with Crippen LogP contribution in [0.15, 0.2) is 24.3 Å². The molecular weight excluding hydrogens is 385 g/mol. The van der Waals surface area contributed by atoms with E-state index in [1.165, 1.54) is 24.3 Å². The van der Waals surface area contributed by atoms with Crippen LogP contribution in [0.4, 0.5) is 13.2 Å². The number of piperidine rings is 2. The third kappa shape index (κ3) is 6.11. The van der Waals surface area contributed by atoms with E-state index in [4.69, 9.17) is 0 Å². The Balaban J connectivity index is 1.45. The maximum atomic E-state index is 12.7. The van der Waals surface area contributed by atoms with Crippen LogP contribution in [-0.4, -0.2) is 54.2 Å². The van der Waals surface area contributed by atoms with Crippen LogP contribution in [0.5, 0.6) is 5.75 Å². The second-order valence-electron chi connectivity index (χ2n) is 8.03. The van der Waals surface area contributed by atoms with Crippen molar-refractivity contribution < 1.29 is 27.5 Å². The van der Waals surface area contributed by atoms with E-state index < -0.39 is 6.36 Å². The number of benzene rings is 1. The SMILES string of the molecule is CC1CCN(C(=O)C2CCN(C(=O)Cc3ccc(OC(F)(F)F)cc3)CC2)CC1. The summed E-state index contributed by atoms with van der Waals surface area (Å²) < 4.78 is 40.5. The molecule has 0 aliphatic carbocycles. The van der Waals surface area contributed by atoms with Gasteiger partial charge in [0.25, 0.3) is 0 Å². The van der Waals surface area contributed by atoms with Crippen LogP contribution < -0.4 is 4.74 Å². The minimum atomic E-state index is -4.73.